The zero-order valence-corrected chi connectivity index (χ0v) is 10.7. The van der Waals surface area contributed by atoms with Crippen molar-refractivity contribution in [2.24, 2.45) is 5.73 Å². The third-order valence-corrected chi connectivity index (χ3v) is 3.47. The van der Waals surface area contributed by atoms with E-state index in [4.69, 9.17) is 5.73 Å². The van der Waals surface area contributed by atoms with Gasteiger partial charge in [-0.05, 0) is 40.9 Å². The van der Waals surface area contributed by atoms with Gasteiger partial charge in [-0.25, -0.2) is 4.98 Å². The summed E-state index contributed by atoms with van der Waals surface area (Å²) in [6.07, 6.45) is 2.86. The minimum absolute atomic E-state index is 0.00118. The lowest BCUT2D eigenvalue weighted by Gasteiger charge is -2.48. The largest absolute Gasteiger partial charge is 0.353 e. The van der Waals surface area contributed by atoms with Crippen LogP contribution in [0.3, 0.4) is 0 Å². The fourth-order valence-electron chi connectivity index (χ4n) is 1.95. The Balaban J connectivity index is 2.13. The maximum absolute atomic E-state index is 6.13. The van der Waals surface area contributed by atoms with Crippen LogP contribution in [-0.2, 0) is 0 Å². The van der Waals surface area contributed by atoms with Crippen LogP contribution < -0.4 is 10.6 Å². The van der Waals surface area contributed by atoms with Crippen LogP contribution in [-0.4, -0.2) is 23.6 Å². The van der Waals surface area contributed by atoms with Crippen molar-refractivity contribution in [3.05, 3.63) is 22.3 Å². The van der Waals surface area contributed by atoms with Crippen molar-refractivity contribution in [3.8, 4) is 0 Å². The molecular formula is C11H16BrN3. The molecule has 2 rings (SSSR count). The summed E-state index contributed by atoms with van der Waals surface area (Å²) in [6, 6.07) is 2.09. The van der Waals surface area contributed by atoms with E-state index in [-0.39, 0.29) is 5.54 Å². The van der Waals surface area contributed by atoms with Crippen molar-refractivity contribution in [3.63, 3.8) is 0 Å². The summed E-state index contributed by atoms with van der Waals surface area (Å²) in [6.45, 7) is 6.05. The van der Waals surface area contributed by atoms with Crippen LogP contribution in [0.25, 0.3) is 0 Å². The van der Waals surface area contributed by atoms with Gasteiger partial charge in [0.1, 0.15) is 5.82 Å². The average molecular weight is 270 g/mol. The van der Waals surface area contributed by atoms with Gasteiger partial charge >= 0.3 is 0 Å². The Morgan fingerprint density at radius 2 is 2.27 bits per heavy atom. The van der Waals surface area contributed by atoms with Crippen LogP contribution in [0.5, 0.6) is 0 Å². The lowest BCUT2D eigenvalue weighted by atomic mass is 9.88. The molecule has 3 nitrogen and oxygen atoms in total. The number of hydrogen-bond donors (Lipinski definition) is 1. The fourth-order valence-corrected chi connectivity index (χ4v) is 2.40. The van der Waals surface area contributed by atoms with E-state index in [1.807, 2.05) is 6.20 Å². The zero-order chi connectivity index (χ0) is 11.1. The van der Waals surface area contributed by atoms with Crippen molar-refractivity contribution in [1.29, 1.82) is 0 Å². The molecular weight excluding hydrogens is 254 g/mol. The predicted molar refractivity (Wildman–Crippen MR) is 66.1 cm³/mol. The number of nitrogens with zero attached hydrogens (tertiary/aromatic N) is 2. The molecule has 0 saturated carbocycles. The number of halogens is 1. The van der Waals surface area contributed by atoms with Gasteiger partial charge in [0.15, 0.2) is 0 Å². The molecule has 0 spiro atoms. The Kier molecular flexibility index (Phi) is 2.73. The summed E-state index contributed by atoms with van der Waals surface area (Å²) in [5.74, 6) is 1.06. The number of anilines is 1. The van der Waals surface area contributed by atoms with E-state index in [0.717, 1.165) is 29.8 Å². The first-order valence-corrected chi connectivity index (χ1v) is 5.99. The number of aryl methyl sites for hydroxylation is 1. The molecule has 1 fully saturated rings. The second-order valence-electron chi connectivity index (χ2n) is 4.37. The lowest BCUT2D eigenvalue weighted by molar-refractivity contribution is 0.320. The molecule has 0 atom stereocenters. The van der Waals surface area contributed by atoms with Gasteiger partial charge in [0, 0.05) is 23.8 Å². The van der Waals surface area contributed by atoms with E-state index in [0.29, 0.717) is 0 Å². The van der Waals surface area contributed by atoms with Gasteiger partial charge in [-0.3, -0.25) is 0 Å². The van der Waals surface area contributed by atoms with Crippen molar-refractivity contribution < 1.29 is 0 Å². The molecule has 0 amide bonds. The Morgan fingerprint density at radius 3 is 2.80 bits per heavy atom. The minimum Gasteiger partial charge on any atom is -0.353 e. The average Bonchev–Trinajstić information content (AvgIpc) is 2.14. The lowest BCUT2D eigenvalue weighted by Crippen LogP contribution is -2.67. The Labute approximate surface area is 98.8 Å². The summed E-state index contributed by atoms with van der Waals surface area (Å²) in [5, 5.41) is 0. The molecule has 15 heavy (non-hydrogen) atoms. The fraction of sp³-hybridized carbons (Fsp3) is 0.545. The first-order chi connectivity index (χ1) is 7.04. The minimum atomic E-state index is 0.00118. The number of hydrogen-bond acceptors (Lipinski definition) is 3. The highest BCUT2D eigenvalue weighted by Crippen LogP contribution is 2.29. The van der Waals surface area contributed by atoms with Crippen LogP contribution in [0.2, 0.25) is 0 Å². The smallest absolute Gasteiger partial charge is 0.131 e. The molecule has 1 saturated heterocycles. The van der Waals surface area contributed by atoms with E-state index in [1.54, 1.807) is 0 Å². The van der Waals surface area contributed by atoms with Gasteiger partial charge in [0.25, 0.3) is 0 Å². The maximum Gasteiger partial charge on any atom is 0.131 e. The summed E-state index contributed by atoms with van der Waals surface area (Å²) in [7, 11) is 0. The zero-order valence-electron chi connectivity index (χ0n) is 9.13. The highest BCUT2D eigenvalue weighted by atomic mass is 79.9. The highest BCUT2D eigenvalue weighted by Gasteiger charge is 2.38. The second kappa shape index (κ2) is 3.76. The molecule has 1 aromatic heterocycles. The van der Waals surface area contributed by atoms with Crippen LogP contribution in [0.15, 0.2) is 16.7 Å². The highest BCUT2D eigenvalue weighted by molar-refractivity contribution is 9.10. The van der Waals surface area contributed by atoms with E-state index in [2.05, 4.69) is 45.7 Å². The molecule has 82 valence electrons. The Bertz CT molecular complexity index is 372. The molecule has 1 aliphatic heterocycles. The summed E-state index contributed by atoms with van der Waals surface area (Å²) < 4.78 is 1.03. The Morgan fingerprint density at radius 1 is 1.60 bits per heavy atom. The molecule has 1 aliphatic rings. The van der Waals surface area contributed by atoms with E-state index < -0.39 is 0 Å². The van der Waals surface area contributed by atoms with Crippen LogP contribution in [0.1, 0.15) is 18.9 Å². The van der Waals surface area contributed by atoms with E-state index in [1.165, 1.54) is 5.56 Å². The van der Waals surface area contributed by atoms with Crippen LogP contribution in [0, 0.1) is 6.92 Å². The van der Waals surface area contributed by atoms with E-state index in [9.17, 15) is 0 Å². The molecule has 4 heteroatoms. The number of pyridine rings is 1. The third kappa shape index (κ3) is 2.01. The standard InChI is InChI=1S/C11H16BrN3/c1-3-11(13)6-15(7-11)10-8(2)4-9(12)5-14-10/h4-5H,3,6-7,13H2,1-2H3. The molecule has 0 aromatic carbocycles. The normalized spacial score (nSPS) is 18.8. The predicted octanol–water partition coefficient (Wildman–Crippen LogP) is 2.08. The molecule has 0 unspecified atom stereocenters. The molecule has 2 heterocycles. The van der Waals surface area contributed by atoms with Crippen molar-refractivity contribution >= 4 is 21.7 Å². The number of aromatic nitrogens is 1. The van der Waals surface area contributed by atoms with Crippen LogP contribution in [0.4, 0.5) is 5.82 Å². The molecule has 2 N–H and O–H groups in total. The van der Waals surface area contributed by atoms with Crippen LogP contribution >= 0.6 is 15.9 Å². The molecule has 0 bridgehead atoms. The van der Waals surface area contributed by atoms with Gasteiger partial charge in [0.05, 0.1) is 5.54 Å². The summed E-state index contributed by atoms with van der Waals surface area (Å²) in [5.41, 5.74) is 7.33. The first-order valence-electron chi connectivity index (χ1n) is 5.20. The molecule has 0 aliphatic carbocycles. The van der Waals surface area contributed by atoms with Gasteiger partial charge in [-0.2, -0.15) is 0 Å². The topological polar surface area (TPSA) is 42.1 Å². The summed E-state index contributed by atoms with van der Waals surface area (Å²) in [4.78, 5) is 6.66. The van der Waals surface area contributed by atoms with Gasteiger partial charge in [0.2, 0.25) is 0 Å². The van der Waals surface area contributed by atoms with Crippen molar-refractivity contribution in [2.45, 2.75) is 25.8 Å². The number of rotatable bonds is 2. The molecule has 1 aromatic rings. The summed E-state index contributed by atoms with van der Waals surface area (Å²) >= 11 is 3.42. The monoisotopic (exact) mass is 269 g/mol. The SMILES string of the molecule is CCC1(N)CN(c2ncc(Br)cc2C)C1. The van der Waals surface area contributed by atoms with Gasteiger partial charge in [-0.1, -0.05) is 6.92 Å². The first kappa shape index (κ1) is 10.9. The quantitative estimate of drug-likeness (QED) is 0.894. The van der Waals surface area contributed by atoms with Crippen molar-refractivity contribution in [2.75, 3.05) is 18.0 Å². The Hall–Kier alpha value is -0.610. The second-order valence-corrected chi connectivity index (χ2v) is 5.28. The number of nitrogens with two attached hydrogens (primary N) is 1. The maximum atomic E-state index is 6.13. The van der Waals surface area contributed by atoms with E-state index >= 15 is 0 Å². The van der Waals surface area contributed by atoms with Crippen molar-refractivity contribution in [1.82, 2.24) is 4.98 Å². The van der Waals surface area contributed by atoms with Gasteiger partial charge in [-0.15, -0.1) is 0 Å². The third-order valence-electron chi connectivity index (χ3n) is 3.03. The molecule has 0 radical (unpaired) electrons. The van der Waals surface area contributed by atoms with Gasteiger partial charge < -0.3 is 10.6 Å².